The molecule has 0 N–H and O–H groups in total. The van der Waals surface area contributed by atoms with E-state index in [4.69, 9.17) is 9.47 Å². The van der Waals surface area contributed by atoms with Gasteiger partial charge in [-0.05, 0) is 38.5 Å². The van der Waals surface area contributed by atoms with Gasteiger partial charge in [-0.15, -0.1) is 0 Å². The van der Waals surface area contributed by atoms with Crippen LogP contribution >= 0.6 is 0 Å². The number of hydrogen-bond donors (Lipinski definition) is 0. The molecule has 1 aromatic rings. The Balaban J connectivity index is 2.26. The van der Waals surface area contributed by atoms with E-state index in [1.807, 2.05) is 45.0 Å². The fourth-order valence-electron chi connectivity index (χ4n) is 2.43. The lowest BCUT2D eigenvalue weighted by molar-refractivity contribution is 0.129. The Labute approximate surface area is 107 Å². The molecular weight excluding hydrogens is 230 g/mol. The van der Waals surface area contributed by atoms with Gasteiger partial charge in [0, 0.05) is 6.04 Å². The molecule has 4 nitrogen and oxygen atoms in total. The van der Waals surface area contributed by atoms with Crippen LogP contribution in [0.25, 0.3) is 0 Å². The molecule has 2 rings (SSSR count). The maximum Gasteiger partial charge on any atom is 0.411 e. The van der Waals surface area contributed by atoms with Crippen LogP contribution in [0.1, 0.15) is 32.4 Å². The first kappa shape index (κ1) is 12.7. The quantitative estimate of drug-likeness (QED) is 0.826. The molecule has 1 aromatic carbocycles. The van der Waals surface area contributed by atoms with Gasteiger partial charge in [0.1, 0.15) is 11.9 Å². The molecule has 0 radical (unpaired) electrons. The highest BCUT2D eigenvalue weighted by Gasteiger charge is 2.40. The highest BCUT2D eigenvalue weighted by atomic mass is 16.6. The van der Waals surface area contributed by atoms with Gasteiger partial charge in [0.05, 0.1) is 13.2 Å². The van der Waals surface area contributed by atoms with Crippen molar-refractivity contribution in [3.05, 3.63) is 29.8 Å². The second-order valence-electron chi connectivity index (χ2n) is 4.82. The first-order chi connectivity index (χ1) is 8.54. The topological polar surface area (TPSA) is 38.8 Å². The largest absolute Gasteiger partial charge is 0.497 e. The Morgan fingerprint density at radius 3 is 2.67 bits per heavy atom. The number of rotatable bonds is 3. The van der Waals surface area contributed by atoms with Crippen LogP contribution in [0.3, 0.4) is 0 Å². The molecule has 1 heterocycles. The SMILES string of the molecule is COc1cccc([C@H]2OC(=O)N(C(C)C)[C@H]2C)c1. The lowest BCUT2D eigenvalue weighted by atomic mass is 10.0. The minimum absolute atomic E-state index is 0.0320. The monoisotopic (exact) mass is 249 g/mol. The summed E-state index contributed by atoms with van der Waals surface area (Å²) in [7, 11) is 1.63. The standard InChI is InChI=1S/C14H19NO3/c1-9(2)15-10(3)13(18-14(15)16)11-6-5-7-12(8-11)17-4/h5-10,13H,1-4H3/t10-,13-/m0/s1. The van der Waals surface area contributed by atoms with E-state index >= 15 is 0 Å². The summed E-state index contributed by atoms with van der Waals surface area (Å²) < 4.78 is 10.7. The highest BCUT2D eigenvalue weighted by molar-refractivity contribution is 5.71. The molecule has 0 aliphatic carbocycles. The van der Waals surface area contributed by atoms with E-state index in [1.54, 1.807) is 12.0 Å². The molecule has 0 aromatic heterocycles. The van der Waals surface area contributed by atoms with Gasteiger partial charge in [-0.1, -0.05) is 12.1 Å². The van der Waals surface area contributed by atoms with Gasteiger partial charge in [0.15, 0.2) is 0 Å². The van der Waals surface area contributed by atoms with Gasteiger partial charge in [-0.2, -0.15) is 0 Å². The van der Waals surface area contributed by atoms with Crippen LogP contribution in [-0.2, 0) is 4.74 Å². The summed E-state index contributed by atoms with van der Waals surface area (Å²) in [4.78, 5) is 13.6. The maximum absolute atomic E-state index is 11.8. The molecule has 4 heteroatoms. The zero-order valence-corrected chi connectivity index (χ0v) is 11.2. The molecule has 1 aliphatic heterocycles. The van der Waals surface area contributed by atoms with Crippen LogP contribution in [-0.4, -0.2) is 30.2 Å². The van der Waals surface area contributed by atoms with Crippen molar-refractivity contribution in [2.75, 3.05) is 7.11 Å². The Bertz CT molecular complexity index is 444. The van der Waals surface area contributed by atoms with Crippen molar-refractivity contribution >= 4 is 6.09 Å². The molecule has 0 saturated carbocycles. The van der Waals surface area contributed by atoms with Gasteiger partial charge in [-0.25, -0.2) is 4.79 Å². The maximum atomic E-state index is 11.8. The van der Waals surface area contributed by atoms with Crippen LogP contribution in [0, 0.1) is 0 Å². The van der Waals surface area contributed by atoms with Crippen molar-refractivity contribution in [2.45, 2.75) is 39.0 Å². The van der Waals surface area contributed by atoms with E-state index in [9.17, 15) is 4.79 Å². The summed E-state index contributed by atoms with van der Waals surface area (Å²) in [6.45, 7) is 5.99. The van der Waals surface area contributed by atoms with Crippen molar-refractivity contribution in [1.29, 1.82) is 0 Å². The summed E-state index contributed by atoms with van der Waals surface area (Å²) >= 11 is 0. The molecule has 2 atom stereocenters. The fraction of sp³-hybridized carbons (Fsp3) is 0.500. The summed E-state index contributed by atoms with van der Waals surface area (Å²) in [5, 5.41) is 0. The number of ether oxygens (including phenoxy) is 2. The first-order valence-corrected chi connectivity index (χ1v) is 6.17. The predicted molar refractivity (Wildman–Crippen MR) is 68.7 cm³/mol. The van der Waals surface area contributed by atoms with Gasteiger partial charge in [0.2, 0.25) is 0 Å². The average molecular weight is 249 g/mol. The van der Waals surface area contributed by atoms with Gasteiger partial charge in [-0.3, -0.25) is 4.90 Å². The molecular formula is C14H19NO3. The van der Waals surface area contributed by atoms with Crippen molar-refractivity contribution in [3.63, 3.8) is 0 Å². The molecule has 0 unspecified atom stereocenters. The third-order valence-electron chi connectivity index (χ3n) is 3.29. The Hall–Kier alpha value is -1.71. The minimum Gasteiger partial charge on any atom is -0.497 e. The Morgan fingerprint density at radius 2 is 2.11 bits per heavy atom. The van der Waals surface area contributed by atoms with E-state index in [2.05, 4.69) is 0 Å². The lowest BCUT2D eigenvalue weighted by Gasteiger charge is -2.24. The van der Waals surface area contributed by atoms with Crippen molar-refractivity contribution in [1.82, 2.24) is 4.90 Å². The molecule has 98 valence electrons. The predicted octanol–water partition coefficient (Wildman–Crippen LogP) is 2.99. The number of carbonyl (C=O) groups is 1. The van der Waals surface area contributed by atoms with Crippen molar-refractivity contribution < 1.29 is 14.3 Å². The zero-order chi connectivity index (χ0) is 13.3. The van der Waals surface area contributed by atoms with Crippen molar-refractivity contribution in [3.8, 4) is 5.75 Å². The number of amides is 1. The third-order valence-corrected chi connectivity index (χ3v) is 3.29. The van der Waals surface area contributed by atoms with Crippen molar-refractivity contribution in [2.24, 2.45) is 0 Å². The van der Waals surface area contributed by atoms with Crippen LogP contribution < -0.4 is 4.74 Å². The van der Waals surface area contributed by atoms with E-state index in [0.717, 1.165) is 11.3 Å². The van der Waals surface area contributed by atoms with Gasteiger partial charge in [0.25, 0.3) is 0 Å². The average Bonchev–Trinajstić information content (AvgIpc) is 2.65. The molecule has 0 spiro atoms. The second-order valence-corrected chi connectivity index (χ2v) is 4.82. The first-order valence-electron chi connectivity index (χ1n) is 6.17. The molecule has 1 fully saturated rings. The number of methoxy groups -OCH3 is 1. The Morgan fingerprint density at radius 1 is 1.39 bits per heavy atom. The molecule has 0 bridgehead atoms. The summed E-state index contributed by atoms with van der Waals surface area (Å²) in [5.41, 5.74) is 0.971. The lowest BCUT2D eigenvalue weighted by Crippen LogP contribution is -2.37. The minimum atomic E-state index is -0.245. The number of nitrogens with zero attached hydrogens (tertiary/aromatic N) is 1. The van der Waals surface area contributed by atoms with Crippen LogP contribution in [0.15, 0.2) is 24.3 Å². The number of hydrogen-bond acceptors (Lipinski definition) is 3. The smallest absolute Gasteiger partial charge is 0.411 e. The second kappa shape index (κ2) is 4.88. The molecule has 18 heavy (non-hydrogen) atoms. The Kier molecular flexibility index (Phi) is 3.45. The molecule has 1 aliphatic rings. The zero-order valence-electron chi connectivity index (χ0n) is 11.2. The van der Waals surface area contributed by atoms with E-state index in [1.165, 1.54) is 0 Å². The van der Waals surface area contributed by atoms with Crippen LogP contribution in [0.2, 0.25) is 0 Å². The summed E-state index contributed by atoms with van der Waals surface area (Å²) in [5.74, 6) is 0.777. The molecule has 1 saturated heterocycles. The number of carbonyl (C=O) groups excluding carboxylic acids is 1. The number of cyclic esters (lactones) is 1. The van der Waals surface area contributed by atoms with Crippen LogP contribution in [0.5, 0.6) is 5.75 Å². The normalized spacial score (nSPS) is 23.4. The van der Waals surface area contributed by atoms with Gasteiger partial charge >= 0.3 is 6.09 Å². The fourth-order valence-corrected chi connectivity index (χ4v) is 2.43. The third kappa shape index (κ3) is 2.15. The highest BCUT2D eigenvalue weighted by Crippen LogP contribution is 2.34. The van der Waals surface area contributed by atoms with Crippen LogP contribution in [0.4, 0.5) is 4.79 Å². The van der Waals surface area contributed by atoms with E-state index in [0.29, 0.717) is 0 Å². The summed E-state index contributed by atoms with van der Waals surface area (Å²) in [6.07, 6.45) is -0.472. The summed E-state index contributed by atoms with van der Waals surface area (Å²) in [6, 6.07) is 7.84. The van der Waals surface area contributed by atoms with E-state index < -0.39 is 0 Å². The van der Waals surface area contributed by atoms with Gasteiger partial charge < -0.3 is 9.47 Å². The molecule has 1 amide bonds. The number of benzene rings is 1. The van der Waals surface area contributed by atoms with E-state index in [-0.39, 0.29) is 24.3 Å².